The Balaban J connectivity index is 1.84. The minimum Gasteiger partial charge on any atom is -0.348 e. The topological polar surface area (TPSA) is 28.2 Å². The van der Waals surface area contributed by atoms with Gasteiger partial charge in [-0.05, 0) is 44.1 Å². The van der Waals surface area contributed by atoms with E-state index in [-0.39, 0.29) is 0 Å². The SMILES string of the molecule is CC(C)CNCc1cnc(N(C)C2CCC(C)CC2)s1. The molecule has 0 unspecified atom stereocenters. The van der Waals surface area contributed by atoms with Crippen molar-refractivity contribution in [2.75, 3.05) is 18.5 Å². The molecule has 114 valence electrons. The maximum atomic E-state index is 4.61. The zero-order valence-corrected chi connectivity index (χ0v) is 14.2. The van der Waals surface area contributed by atoms with Gasteiger partial charge in [-0.1, -0.05) is 20.8 Å². The van der Waals surface area contributed by atoms with Gasteiger partial charge in [-0.25, -0.2) is 4.98 Å². The molecule has 0 bridgehead atoms. The molecule has 2 rings (SSSR count). The summed E-state index contributed by atoms with van der Waals surface area (Å²) in [6.45, 7) is 8.87. The third-order valence-electron chi connectivity index (χ3n) is 4.23. The summed E-state index contributed by atoms with van der Waals surface area (Å²) in [6.07, 6.45) is 7.40. The Morgan fingerprint density at radius 2 is 2.05 bits per heavy atom. The van der Waals surface area contributed by atoms with Gasteiger partial charge >= 0.3 is 0 Å². The Bertz CT molecular complexity index is 394. The van der Waals surface area contributed by atoms with Crippen LogP contribution in [0.4, 0.5) is 5.13 Å². The van der Waals surface area contributed by atoms with Crippen molar-refractivity contribution in [1.29, 1.82) is 0 Å². The minimum absolute atomic E-state index is 0.689. The lowest BCUT2D eigenvalue weighted by atomic mass is 9.87. The molecule has 0 spiro atoms. The molecular formula is C16H29N3S. The molecule has 1 aliphatic carbocycles. The van der Waals surface area contributed by atoms with Gasteiger partial charge in [-0.3, -0.25) is 0 Å². The van der Waals surface area contributed by atoms with Crippen LogP contribution in [0.3, 0.4) is 0 Å². The maximum Gasteiger partial charge on any atom is 0.185 e. The molecule has 0 aromatic carbocycles. The summed E-state index contributed by atoms with van der Waals surface area (Å²) in [5.41, 5.74) is 0. The molecule has 4 heteroatoms. The summed E-state index contributed by atoms with van der Waals surface area (Å²) in [4.78, 5) is 8.36. The molecule has 0 amide bonds. The fraction of sp³-hybridized carbons (Fsp3) is 0.812. The number of nitrogens with zero attached hydrogens (tertiary/aromatic N) is 2. The normalized spacial score (nSPS) is 23.2. The quantitative estimate of drug-likeness (QED) is 0.862. The van der Waals surface area contributed by atoms with Gasteiger partial charge in [0.1, 0.15) is 0 Å². The summed E-state index contributed by atoms with van der Waals surface area (Å²) in [6, 6.07) is 0.689. The van der Waals surface area contributed by atoms with Crippen molar-refractivity contribution in [2.45, 2.75) is 59.0 Å². The van der Waals surface area contributed by atoms with Crippen LogP contribution in [0.1, 0.15) is 51.3 Å². The Labute approximate surface area is 127 Å². The molecule has 0 atom stereocenters. The van der Waals surface area contributed by atoms with Gasteiger partial charge in [-0.2, -0.15) is 0 Å². The van der Waals surface area contributed by atoms with Crippen LogP contribution in [-0.4, -0.2) is 24.6 Å². The fourth-order valence-electron chi connectivity index (χ4n) is 2.81. The number of aromatic nitrogens is 1. The van der Waals surface area contributed by atoms with Crippen LogP contribution in [0.2, 0.25) is 0 Å². The summed E-state index contributed by atoms with van der Waals surface area (Å²) in [5, 5.41) is 4.68. The van der Waals surface area contributed by atoms with Crippen molar-refractivity contribution < 1.29 is 0 Å². The third kappa shape index (κ3) is 4.45. The van der Waals surface area contributed by atoms with Crippen LogP contribution in [0.5, 0.6) is 0 Å². The smallest absolute Gasteiger partial charge is 0.185 e. The number of nitrogens with one attached hydrogen (secondary N) is 1. The van der Waals surface area contributed by atoms with E-state index in [0.29, 0.717) is 12.0 Å². The second-order valence-corrected chi connectivity index (χ2v) is 7.75. The van der Waals surface area contributed by atoms with E-state index in [4.69, 9.17) is 0 Å². The number of thiazole rings is 1. The molecule has 1 heterocycles. The summed E-state index contributed by atoms with van der Waals surface area (Å²) in [7, 11) is 2.21. The largest absolute Gasteiger partial charge is 0.348 e. The van der Waals surface area contributed by atoms with E-state index in [2.05, 4.69) is 43.0 Å². The van der Waals surface area contributed by atoms with Gasteiger partial charge < -0.3 is 10.2 Å². The van der Waals surface area contributed by atoms with Gasteiger partial charge in [0.25, 0.3) is 0 Å². The highest BCUT2D eigenvalue weighted by Gasteiger charge is 2.23. The molecule has 1 N–H and O–H groups in total. The lowest BCUT2D eigenvalue weighted by Gasteiger charge is -2.33. The van der Waals surface area contributed by atoms with Crippen molar-refractivity contribution in [1.82, 2.24) is 10.3 Å². The van der Waals surface area contributed by atoms with Crippen molar-refractivity contribution in [3.8, 4) is 0 Å². The maximum absolute atomic E-state index is 4.61. The second kappa shape index (κ2) is 7.41. The van der Waals surface area contributed by atoms with E-state index in [1.807, 2.05) is 17.5 Å². The van der Waals surface area contributed by atoms with Crippen LogP contribution in [0.25, 0.3) is 0 Å². The van der Waals surface area contributed by atoms with E-state index in [9.17, 15) is 0 Å². The lowest BCUT2D eigenvalue weighted by molar-refractivity contribution is 0.340. The standard InChI is InChI=1S/C16H29N3S/c1-12(2)9-17-10-15-11-18-16(20-15)19(4)14-7-5-13(3)6-8-14/h11-14,17H,5-10H2,1-4H3. The van der Waals surface area contributed by atoms with E-state index < -0.39 is 0 Å². The average molecular weight is 295 g/mol. The van der Waals surface area contributed by atoms with Crippen molar-refractivity contribution >= 4 is 16.5 Å². The molecule has 20 heavy (non-hydrogen) atoms. The van der Waals surface area contributed by atoms with Crippen LogP contribution in [0.15, 0.2) is 6.20 Å². The average Bonchev–Trinajstić information content (AvgIpc) is 2.87. The van der Waals surface area contributed by atoms with Gasteiger partial charge in [-0.15, -0.1) is 11.3 Å². The Morgan fingerprint density at radius 1 is 1.35 bits per heavy atom. The first-order valence-electron chi connectivity index (χ1n) is 7.94. The predicted molar refractivity (Wildman–Crippen MR) is 88.5 cm³/mol. The highest BCUT2D eigenvalue weighted by Crippen LogP contribution is 2.31. The third-order valence-corrected chi connectivity index (χ3v) is 5.32. The molecule has 0 radical (unpaired) electrons. The van der Waals surface area contributed by atoms with E-state index in [0.717, 1.165) is 19.0 Å². The van der Waals surface area contributed by atoms with E-state index in [1.165, 1.54) is 35.7 Å². The van der Waals surface area contributed by atoms with Gasteiger partial charge in [0, 0.05) is 30.7 Å². The zero-order valence-electron chi connectivity index (χ0n) is 13.4. The highest BCUT2D eigenvalue weighted by molar-refractivity contribution is 7.15. The first-order chi connectivity index (χ1) is 9.56. The first kappa shape index (κ1) is 15.8. The van der Waals surface area contributed by atoms with Gasteiger partial charge in [0.05, 0.1) is 0 Å². The Morgan fingerprint density at radius 3 is 2.70 bits per heavy atom. The van der Waals surface area contributed by atoms with Gasteiger partial charge in [0.2, 0.25) is 0 Å². The molecule has 1 saturated carbocycles. The van der Waals surface area contributed by atoms with E-state index >= 15 is 0 Å². The first-order valence-corrected chi connectivity index (χ1v) is 8.76. The molecule has 0 aliphatic heterocycles. The Hall–Kier alpha value is -0.610. The van der Waals surface area contributed by atoms with Crippen molar-refractivity contribution in [3.63, 3.8) is 0 Å². The molecule has 3 nitrogen and oxygen atoms in total. The van der Waals surface area contributed by atoms with Crippen LogP contribution in [0, 0.1) is 11.8 Å². The lowest BCUT2D eigenvalue weighted by Crippen LogP contribution is -2.34. The fourth-order valence-corrected chi connectivity index (χ4v) is 3.72. The van der Waals surface area contributed by atoms with Crippen LogP contribution >= 0.6 is 11.3 Å². The number of anilines is 1. The van der Waals surface area contributed by atoms with Crippen LogP contribution < -0.4 is 10.2 Å². The van der Waals surface area contributed by atoms with Gasteiger partial charge in [0.15, 0.2) is 5.13 Å². The molecule has 1 fully saturated rings. The van der Waals surface area contributed by atoms with E-state index in [1.54, 1.807) is 0 Å². The molecule has 0 saturated heterocycles. The summed E-state index contributed by atoms with van der Waals surface area (Å²) < 4.78 is 0. The van der Waals surface area contributed by atoms with Crippen molar-refractivity contribution in [2.24, 2.45) is 11.8 Å². The Kier molecular flexibility index (Phi) is 5.85. The summed E-state index contributed by atoms with van der Waals surface area (Å²) in [5.74, 6) is 1.61. The molecule has 1 aromatic heterocycles. The zero-order chi connectivity index (χ0) is 14.5. The number of hydrogen-bond donors (Lipinski definition) is 1. The number of hydrogen-bond acceptors (Lipinski definition) is 4. The predicted octanol–water partition coefficient (Wildman–Crippen LogP) is 3.90. The summed E-state index contributed by atoms with van der Waals surface area (Å²) >= 11 is 1.84. The highest BCUT2D eigenvalue weighted by atomic mass is 32.1. The molecule has 1 aliphatic rings. The second-order valence-electron chi connectivity index (χ2n) is 6.66. The molecular weight excluding hydrogens is 266 g/mol. The minimum atomic E-state index is 0.689. The monoisotopic (exact) mass is 295 g/mol. The number of rotatable bonds is 6. The molecule has 1 aromatic rings. The van der Waals surface area contributed by atoms with Crippen molar-refractivity contribution in [3.05, 3.63) is 11.1 Å². The van der Waals surface area contributed by atoms with Crippen LogP contribution in [-0.2, 0) is 6.54 Å².